The lowest BCUT2D eigenvalue weighted by atomic mass is 9.95. The molecule has 0 saturated carbocycles. The standard InChI is InChI=1S/C29H39F3N4O7S2/c1-15(2)21(36(5)25(38)8-18-11-42-12-18)10-22(43-17(4)37)27-34-20(13-45-27)26(39)33-19(7-16(3)28(40)41-6)9-24-35-23(14-44-24)29(30,31)32/h13-16,18-19,21-22H,7-12H2,1-6H3,(H,33,39). The van der Waals surface area contributed by atoms with Crippen molar-refractivity contribution in [3.8, 4) is 0 Å². The van der Waals surface area contributed by atoms with Crippen LogP contribution in [-0.2, 0) is 41.2 Å². The second kappa shape index (κ2) is 15.9. The summed E-state index contributed by atoms with van der Waals surface area (Å²) >= 11 is 1.91. The van der Waals surface area contributed by atoms with Crippen molar-refractivity contribution in [1.29, 1.82) is 0 Å². The number of amides is 2. The van der Waals surface area contributed by atoms with Crippen molar-refractivity contribution in [2.24, 2.45) is 17.8 Å². The van der Waals surface area contributed by atoms with E-state index in [1.54, 1.807) is 18.9 Å². The van der Waals surface area contributed by atoms with Crippen molar-refractivity contribution in [3.63, 3.8) is 0 Å². The van der Waals surface area contributed by atoms with Crippen LogP contribution in [0.4, 0.5) is 13.2 Å². The lowest BCUT2D eigenvalue weighted by Crippen LogP contribution is -2.44. The van der Waals surface area contributed by atoms with E-state index in [1.807, 2.05) is 13.8 Å². The van der Waals surface area contributed by atoms with Gasteiger partial charge in [-0.25, -0.2) is 9.97 Å². The van der Waals surface area contributed by atoms with Gasteiger partial charge in [-0.3, -0.25) is 19.2 Å². The van der Waals surface area contributed by atoms with Crippen molar-refractivity contribution in [3.05, 3.63) is 32.2 Å². The minimum atomic E-state index is -4.61. The Bertz CT molecular complexity index is 1330. The molecule has 2 aromatic rings. The summed E-state index contributed by atoms with van der Waals surface area (Å²) in [5.41, 5.74) is -1.02. The van der Waals surface area contributed by atoms with Gasteiger partial charge in [-0.1, -0.05) is 20.8 Å². The topological polar surface area (TPSA) is 137 Å². The van der Waals surface area contributed by atoms with Gasteiger partial charge in [0.25, 0.3) is 5.91 Å². The summed E-state index contributed by atoms with van der Waals surface area (Å²) in [4.78, 5) is 60.1. The molecule has 3 heterocycles. The predicted octanol–water partition coefficient (Wildman–Crippen LogP) is 4.67. The maximum Gasteiger partial charge on any atom is 0.434 e. The third kappa shape index (κ3) is 10.5. The number of esters is 2. The highest BCUT2D eigenvalue weighted by Crippen LogP contribution is 2.32. The minimum absolute atomic E-state index is 0.00787. The van der Waals surface area contributed by atoms with Crippen molar-refractivity contribution >= 4 is 46.4 Å². The number of nitrogens with zero attached hydrogens (tertiary/aromatic N) is 3. The summed E-state index contributed by atoms with van der Waals surface area (Å²) < 4.78 is 54.9. The number of alkyl halides is 3. The highest BCUT2D eigenvalue weighted by atomic mass is 32.1. The molecule has 4 unspecified atom stereocenters. The summed E-state index contributed by atoms with van der Waals surface area (Å²) in [7, 11) is 2.94. The van der Waals surface area contributed by atoms with Gasteiger partial charge in [0, 0.05) is 62.0 Å². The van der Waals surface area contributed by atoms with Crippen molar-refractivity contribution in [2.75, 3.05) is 27.4 Å². The van der Waals surface area contributed by atoms with E-state index in [0.29, 0.717) is 24.6 Å². The molecule has 4 atom stereocenters. The van der Waals surface area contributed by atoms with E-state index in [9.17, 15) is 32.3 Å². The molecule has 16 heteroatoms. The van der Waals surface area contributed by atoms with Gasteiger partial charge in [-0.2, -0.15) is 13.2 Å². The number of thiazole rings is 2. The van der Waals surface area contributed by atoms with E-state index in [4.69, 9.17) is 14.2 Å². The Hall–Kier alpha value is -3.11. The van der Waals surface area contributed by atoms with Gasteiger partial charge in [0.05, 0.1) is 31.2 Å². The van der Waals surface area contributed by atoms with Crippen LogP contribution in [0, 0.1) is 17.8 Å². The molecule has 0 aliphatic carbocycles. The van der Waals surface area contributed by atoms with Crippen LogP contribution in [0.5, 0.6) is 0 Å². The van der Waals surface area contributed by atoms with E-state index in [-0.39, 0.29) is 53.7 Å². The summed E-state index contributed by atoms with van der Waals surface area (Å²) in [5.74, 6) is -2.22. The largest absolute Gasteiger partial charge is 0.469 e. The Kier molecular flexibility index (Phi) is 12.9. The van der Waals surface area contributed by atoms with Gasteiger partial charge in [0.2, 0.25) is 5.91 Å². The lowest BCUT2D eigenvalue weighted by molar-refractivity contribution is -0.149. The van der Waals surface area contributed by atoms with Gasteiger partial charge in [-0.05, 0) is 12.3 Å². The van der Waals surface area contributed by atoms with Crippen LogP contribution in [0.3, 0.4) is 0 Å². The van der Waals surface area contributed by atoms with E-state index in [1.165, 1.54) is 19.4 Å². The molecule has 2 aromatic heterocycles. The molecule has 0 aromatic carbocycles. The van der Waals surface area contributed by atoms with Crippen LogP contribution in [0.15, 0.2) is 10.8 Å². The van der Waals surface area contributed by atoms with E-state index in [0.717, 1.165) is 28.1 Å². The first-order valence-electron chi connectivity index (χ1n) is 14.4. The SMILES string of the molecule is COC(=O)C(C)CC(Cc1nc(C(F)(F)F)cs1)NC(=O)c1csc(C(CC(C(C)C)N(C)C(=O)CC2COC2)OC(C)=O)n1. The van der Waals surface area contributed by atoms with Crippen LogP contribution >= 0.6 is 22.7 Å². The zero-order valence-corrected chi connectivity index (χ0v) is 27.6. The highest BCUT2D eigenvalue weighted by molar-refractivity contribution is 7.10. The third-order valence-electron chi connectivity index (χ3n) is 7.46. The molecule has 2 amide bonds. The number of nitrogens with one attached hydrogen (secondary N) is 1. The number of hydrogen-bond donors (Lipinski definition) is 1. The van der Waals surface area contributed by atoms with Gasteiger partial charge < -0.3 is 24.4 Å². The molecule has 1 aliphatic rings. The third-order valence-corrected chi connectivity index (χ3v) is 9.27. The quantitative estimate of drug-likeness (QED) is 0.267. The number of methoxy groups -OCH3 is 1. The number of carbonyl (C=O) groups is 4. The summed E-state index contributed by atoms with van der Waals surface area (Å²) in [6, 6.07) is -1.06. The molecule has 11 nitrogen and oxygen atoms in total. The monoisotopic (exact) mass is 676 g/mol. The zero-order valence-electron chi connectivity index (χ0n) is 26.0. The molecule has 1 aliphatic heterocycles. The number of halogens is 3. The van der Waals surface area contributed by atoms with E-state index in [2.05, 4.69) is 15.3 Å². The number of rotatable bonds is 15. The van der Waals surface area contributed by atoms with Crippen LogP contribution in [-0.4, -0.2) is 78.1 Å². The molecular weight excluding hydrogens is 637 g/mol. The molecule has 1 fully saturated rings. The van der Waals surface area contributed by atoms with Crippen molar-refractivity contribution < 1.29 is 46.6 Å². The minimum Gasteiger partial charge on any atom is -0.469 e. The smallest absolute Gasteiger partial charge is 0.434 e. The molecule has 45 heavy (non-hydrogen) atoms. The average molecular weight is 677 g/mol. The fraction of sp³-hybridized carbons (Fsp3) is 0.655. The Labute approximate surface area is 267 Å². The van der Waals surface area contributed by atoms with Crippen LogP contribution < -0.4 is 5.32 Å². The molecule has 250 valence electrons. The van der Waals surface area contributed by atoms with Crippen LogP contribution in [0.2, 0.25) is 0 Å². The maximum absolute atomic E-state index is 13.3. The van der Waals surface area contributed by atoms with Gasteiger partial charge in [-0.15, -0.1) is 22.7 Å². The number of carbonyl (C=O) groups excluding carboxylic acids is 4. The molecule has 0 spiro atoms. The second-order valence-electron chi connectivity index (χ2n) is 11.5. The Morgan fingerprint density at radius 3 is 2.33 bits per heavy atom. The maximum atomic E-state index is 13.3. The molecule has 0 bridgehead atoms. The molecule has 1 N–H and O–H groups in total. The Balaban J connectivity index is 1.78. The van der Waals surface area contributed by atoms with Gasteiger partial charge in [0.1, 0.15) is 10.7 Å². The lowest BCUT2D eigenvalue weighted by Gasteiger charge is -2.35. The van der Waals surface area contributed by atoms with Crippen LogP contribution in [0.1, 0.15) is 79.3 Å². The van der Waals surface area contributed by atoms with Crippen molar-refractivity contribution in [2.45, 2.75) is 77.7 Å². The Morgan fingerprint density at radius 1 is 1.11 bits per heavy atom. The van der Waals surface area contributed by atoms with Gasteiger partial charge >= 0.3 is 18.1 Å². The fourth-order valence-corrected chi connectivity index (χ4v) is 6.66. The molecular formula is C29H39F3N4O7S2. The average Bonchev–Trinajstić information content (AvgIpc) is 3.62. The van der Waals surface area contributed by atoms with E-state index >= 15 is 0 Å². The predicted molar refractivity (Wildman–Crippen MR) is 159 cm³/mol. The number of ether oxygens (including phenoxy) is 3. The fourth-order valence-electron chi connectivity index (χ4n) is 4.94. The molecule has 1 saturated heterocycles. The summed E-state index contributed by atoms with van der Waals surface area (Å²) in [6.07, 6.45) is -4.81. The first kappa shape index (κ1) is 36.4. The van der Waals surface area contributed by atoms with Gasteiger partial charge in [0.15, 0.2) is 11.8 Å². The normalized spacial score (nSPS) is 16.3. The van der Waals surface area contributed by atoms with Crippen molar-refractivity contribution in [1.82, 2.24) is 20.2 Å². The number of hydrogen-bond acceptors (Lipinski definition) is 11. The zero-order chi connectivity index (χ0) is 33.5. The first-order chi connectivity index (χ1) is 21.1. The number of aromatic nitrogens is 2. The summed E-state index contributed by atoms with van der Waals surface area (Å²) in [6.45, 7) is 7.87. The van der Waals surface area contributed by atoms with Crippen LogP contribution in [0.25, 0.3) is 0 Å². The highest BCUT2D eigenvalue weighted by Gasteiger charge is 2.35. The molecule has 3 rings (SSSR count). The first-order valence-corrected chi connectivity index (χ1v) is 16.2. The summed E-state index contributed by atoms with van der Waals surface area (Å²) in [5, 5.41) is 5.65. The van der Waals surface area contributed by atoms with E-state index < -0.39 is 47.8 Å². The second-order valence-corrected chi connectivity index (χ2v) is 13.3. The molecule has 0 radical (unpaired) electrons. The Morgan fingerprint density at radius 2 is 1.80 bits per heavy atom.